The number of ether oxygens (including phenoxy) is 1. The minimum absolute atomic E-state index is 0.297. The van der Waals surface area contributed by atoms with Crippen LogP contribution in [0.1, 0.15) is 13.8 Å². The summed E-state index contributed by atoms with van der Waals surface area (Å²) in [6, 6.07) is 4.69. The molecule has 1 N–H and O–H groups in total. The van der Waals surface area contributed by atoms with E-state index in [1.165, 1.54) is 12.1 Å². The van der Waals surface area contributed by atoms with Gasteiger partial charge in [-0.3, -0.25) is 0 Å². The fourth-order valence-corrected chi connectivity index (χ4v) is 1.45. The normalized spacial score (nSPS) is 11.0. The van der Waals surface area contributed by atoms with E-state index in [0.717, 1.165) is 12.1 Å². The van der Waals surface area contributed by atoms with Gasteiger partial charge in [0.2, 0.25) is 0 Å². The zero-order valence-electron chi connectivity index (χ0n) is 10.6. The molecule has 7 heteroatoms. The van der Waals surface area contributed by atoms with E-state index in [2.05, 4.69) is 10.1 Å². The first kappa shape index (κ1) is 15.1. The molecule has 1 aromatic carbocycles. The summed E-state index contributed by atoms with van der Waals surface area (Å²) in [5.41, 5.74) is 0.409. The fraction of sp³-hybridized carbons (Fsp3) is 0.417. The SMILES string of the molecule is CCN(CC)C(=O)Nc1ccc(OC(F)(F)F)cc1. The minimum atomic E-state index is -4.72. The number of nitrogens with one attached hydrogen (secondary N) is 1. The van der Waals surface area contributed by atoms with Gasteiger partial charge in [0.25, 0.3) is 0 Å². The second-order valence-electron chi connectivity index (χ2n) is 3.67. The fourth-order valence-electron chi connectivity index (χ4n) is 1.45. The molecule has 0 saturated heterocycles. The number of anilines is 1. The smallest absolute Gasteiger partial charge is 0.406 e. The van der Waals surface area contributed by atoms with Crippen molar-refractivity contribution in [2.45, 2.75) is 20.2 Å². The van der Waals surface area contributed by atoms with Gasteiger partial charge in [-0.25, -0.2) is 4.79 Å². The van der Waals surface area contributed by atoms with E-state index in [4.69, 9.17) is 0 Å². The zero-order chi connectivity index (χ0) is 14.5. The van der Waals surface area contributed by atoms with E-state index in [1.54, 1.807) is 4.90 Å². The standard InChI is InChI=1S/C12H15F3N2O2/c1-3-17(4-2)11(18)16-9-5-7-10(8-6-9)19-12(13,14)15/h5-8H,3-4H2,1-2H3,(H,16,18). The molecule has 1 rings (SSSR count). The molecule has 1 aromatic rings. The van der Waals surface area contributed by atoms with Gasteiger partial charge in [0.15, 0.2) is 0 Å². The quantitative estimate of drug-likeness (QED) is 0.915. The molecule has 0 spiro atoms. The Morgan fingerprint density at radius 3 is 2.16 bits per heavy atom. The Kier molecular flexibility index (Phi) is 5.02. The predicted molar refractivity (Wildman–Crippen MR) is 65.1 cm³/mol. The summed E-state index contributed by atoms with van der Waals surface area (Å²) >= 11 is 0. The lowest BCUT2D eigenvalue weighted by Crippen LogP contribution is -2.34. The Morgan fingerprint density at radius 1 is 1.21 bits per heavy atom. The van der Waals surface area contributed by atoms with Gasteiger partial charge in [0.1, 0.15) is 5.75 Å². The van der Waals surface area contributed by atoms with Crippen molar-refractivity contribution in [3.05, 3.63) is 24.3 Å². The Hall–Kier alpha value is -1.92. The Balaban J connectivity index is 2.64. The van der Waals surface area contributed by atoms with Gasteiger partial charge in [-0.2, -0.15) is 0 Å². The van der Waals surface area contributed by atoms with E-state index in [0.29, 0.717) is 18.8 Å². The highest BCUT2D eigenvalue weighted by Crippen LogP contribution is 2.23. The number of alkyl halides is 3. The second-order valence-corrected chi connectivity index (χ2v) is 3.67. The molecule has 0 bridgehead atoms. The van der Waals surface area contributed by atoms with Gasteiger partial charge >= 0.3 is 12.4 Å². The van der Waals surface area contributed by atoms with E-state index < -0.39 is 6.36 Å². The lowest BCUT2D eigenvalue weighted by atomic mass is 10.3. The van der Waals surface area contributed by atoms with Crippen molar-refractivity contribution in [2.75, 3.05) is 18.4 Å². The third-order valence-electron chi connectivity index (χ3n) is 2.39. The van der Waals surface area contributed by atoms with Gasteiger partial charge in [-0.15, -0.1) is 13.2 Å². The lowest BCUT2D eigenvalue weighted by Gasteiger charge is -2.19. The second kappa shape index (κ2) is 6.31. The van der Waals surface area contributed by atoms with Crippen LogP contribution in [0.5, 0.6) is 5.75 Å². The Morgan fingerprint density at radius 2 is 1.74 bits per heavy atom. The molecule has 0 atom stereocenters. The topological polar surface area (TPSA) is 41.6 Å². The van der Waals surface area contributed by atoms with Crippen LogP contribution in [0.3, 0.4) is 0 Å². The van der Waals surface area contributed by atoms with Crippen LogP contribution in [-0.4, -0.2) is 30.4 Å². The van der Waals surface area contributed by atoms with Crippen LogP contribution in [0.4, 0.5) is 23.7 Å². The van der Waals surface area contributed by atoms with Crippen LogP contribution in [0.2, 0.25) is 0 Å². The van der Waals surface area contributed by atoms with Crippen molar-refractivity contribution >= 4 is 11.7 Å². The van der Waals surface area contributed by atoms with Crippen molar-refractivity contribution in [2.24, 2.45) is 0 Å². The highest BCUT2D eigenvalue weighted by atomic mass is 19.4. The average molecular weight is 276 g/mol. The lowest BCUT2D eigenvalue weighted by molar-refractivity contribution is -0.274. The molecule has 4 nitrogen and oxygen atoms in total. The summed E-state index contributed by atoms with van der Waals surface area (Å²) in [5.74, 6) is -0.326. The van der Waals surface area contributed by atoms with E-state index in [-0.39, 0.29) is 11.8 Å². The highest BCUT2D eigenvalue weighted by Gasteiger charge is 2.30. The molecule has 0 heterocycles. The van der Waals surface area contributed by atoms with Gasteiger partial charge in [-0.1, -0.05) is 0 Å². The number of benzene rings is 1. The highest BCUT2D eigenvalue weighted by molar-refractivity contribution is 5.89. The summed E-state index contributed by atoms with van der Waals surface area (Å²) in [4.78, 5) is 13.2. The number of carbonyl (C=O) groups excluding carboxylic acids is 1. The van der Waals surface area contributed by atoms with Crippen LogP contribution in [0, 0.1) is 0 Å². The molecule has 2 amide bonds. The molecule has 0 aromatic heterocycles. The molecule has 0 aliphatic heterocycles. The maximum atomic E-state index is 12.0. The van der Waals surface area contributed by atoms with Crippen LogP contribution in [-0.2, 0) is 0 Å². The molecule has 0 aliphatic carbocycles. The van der Waals surface area contributed by atoms with E-state index in [1.807, 2.05) is 13.8 Å². The Bertz CT molecular complexity index is 414. The minimum Gasteiger partial charge on any atom is -0.406 e. The van der Waals surface area contributed by atoms with Crippen molar-refractivity contribution in [1.29, 1.82) is 0 Å². The first-order chi connectivity index (χ1) is 8.85. The number of amides is 2. The molecular weight excluding hydrogens is 261 g/mol. The largest absolute Gasteiger partial charge is 0.573 e. The van der Waals surface area contributed by atoms with Crippen LogP contribution in [0.25, 0.3) is 0 Å². The summed E-state index contributed by atoms with van der Waals surface area (Å²) in [5, 5.41) is 2.58. The summed E-state index contributed by atoms with van der Waals surface area (Å²) in [7, 11) is 0. The van der Waals surface area contributed by atoms with Gasteiger partial charge in [0.05, 0.1) is 0 Å². The molecule has 0 saturated carbocycles. The third kappa shape index (κ3) is 5.07. The molecule has 0 unspecified atom stereocenters. The molecule has 0 radical (unpaired) electrons. The van der Waals surface area contributed by atoms with Crippen molar-refractivity contribution < 1.29 is 22.7 Å². The Labute approximate surface area is 109 Å². The number of carbonyl (C=O) groups is 1. The van der Waals surface area contributed by atoms with Crippen molar-refractivity contribution in [1.82, 2.24) is 4.90 Å². The number of hydrogen-bond donors (Lipinski definition) is 1. The maximum absolute atomic E-state index is 12.0. The third-order valence-corrected chi connectivity index (χ3v) is 2.39. The van der Waals surface area contributed by atoms with E-state index >= 15 is 0 Å². The van der Waals surface area contributed by atoms with Crippen molar-refractivity contribution in [3.63, 3.8) is 0 Å². The summed E-state index contributed by atoms with van der Waals surface area (Å²) < 4.78 is 39.6. The number of nitrogens with zero attached hydrogens (tertiary/aromatic N) is 1. The van der Waals surface area contributed by atoms with Gasteiger partial charge in [0, 0.05) is 18.8 Å². The van der Waals surface area contributed by atoms with Crippen LogP contribution < -0.4 is 10.1 Å². The van der Waals surface area contributed by atoms with Crippen molar-refractivity contribution in [3.8, 4) is 5.75 Å². The summed E-state index contributed by atoms with van der Waals surface area (Å²) in [6.07, 6.45) is -4.72. The first-order valence-electron chi connectivity index (χ1n) is 5.77. The average Bonchev–Trinajstić information content (AvgIpc) is 2.31. The zero-order valence-corrected chi connectivity index (χ0v) is 10.6. The number of hydrogen-bond acceptors (Lipinski definition) is 2. The predicted octanol–water partition coefficient (Wildman–Crippen LogP) is 3.46. The van der Waals surface area contributed by atoms with Gasteiger partial charge < -0.3 is 15.0 Å². The number of urea groups is 1. The van der Waals surface area contributed by atoms with Crippen LogP contribution >= 0.6 is 0 Å². The first-order valence-corrected chi connectivity index (χ1v) is 5.77. The van der Waals surface area contributed by atoms with Crippen LogP contribution in [0.15, 0.2) is 24.3 Å². The number of halogens is 3. The maximum Gasteiger partial charge on any atom is 0.573 e. The monoisotopic (exact) mass is 276 g/mol. The molecule has 106 valence electrons. The molecule has 0 fully saturated rings. The van der Waals surface area contributed by atoms with E-state index in [9.17, 15) is 18.0 Å². The number of rotatable bonds is 4. The molecular formula is C12H15F3N2O2. The van der Waals surface area contributed by atoms with Gasteiger partial charge in [-0.05, 0) is 38.1 Å². The molecule has 19 heavy (non-hydrogen) atoms. The summed E-state index contributed by atoms with van der Waals surface area (Å²) in [6.45, 7) is 4.78. The molecule has 0 aliphatic rings.